The molecule has 3 fully saturated rings. The highest BCUT2D eigenvalue weighted by atomic mass is 16.2. The van der Waals surface area contributed by atoms with Crippen LogP contribution in [0.5, 0.6) is 0 Å². The molecule has 3 aromatic rings. The molecule has 6 N–H and O–H groups in total. The monoisotopic (exact) mass is 735 g/mol. The van der Waals surface area contributed by atoms with Gasteiger partial charge in [-0.05, 0) is 56.7 Å². The average molecular weight is 736 g/mol. The molecule has 3 aromatic heterocycles. The number of pyridine rings is 3. The van der Waals surface area contributed by atoms with Crippen LogP contribution in [0.2, 0.25) is 0 Å². The highest BCUT2D eigenvalue weighted by Crippen LogP contribution is 2.23. The Kier molecular flexibility index (Phi) is 11.2. The van der Waals surface area contributed by atoms with Crippen LogP contribution >= 0.6 is 0 Å². The third-order valence-electron chi connectivity index (χ3n) is 11.0. The van der Waals surface area contributed by atoms with Gasteiger partial charge in [0.05, 0.1) is 33.4 Å². The van der Waals surface area contributed by atoms with E-state index in [1.807, 2.05) is 0 Å². The van der Waals surface area contributed by atoms with Crippen LogP contribution < -0.4 is 31.9 Å². The van der Waals surface area contributed by atoms with Gasteiger partial charge in [0.15, 0.2) is 0 Å². The minimum Gasteiger partial charge on any atom is -0.347 e. The van der Waals surface area contributed by atoms with Crippen molar-refractivity contribution in [2.75, 3.05) is 0 Å². The molecular weight excluding hydrogens is 690 g/mol. The second-order valence-corrected chi connectivity index (χ2v) is 14.7. The Morgan fingerprint density at radius 1 is 0.315 bits per heavy atom. The molecule has 0 spiro atoms. The van der Waals surface area contributed by atoms with Gasteiger partial charge in [-0.2, -0.15) is 0 Å². The highest BCUT2D eigenvalue weighted by molar-refractivity contribution is 6.01. The van der Waals surface area contributed by atoms with Crippen LogP contribution in [0.1, 0.15) is 139 Å². The van der Waals surface area contributed by atoms with Gasteiger partial charge >= 0.3 is 0 Å². The van der Waals surface area contributed by atoms with E-state index in [1.54, 1.807) is 0 Å². The van der Waals surface area contributed by atoms with Crippen molar-refractivity contribution >= 4 is 35.4 Å². The fraction of sp³-hybridized carbons (Fsp3) is 0.462. The first-order chi connectivity index (χ1) is 26.2. The smallest absolute Gasteiger partial charge is 0.253 e. The number of fused-ring (bicyclic) bond motifs is 9. The molecule has 7 rings (SSSR count). The number of aromatic nitrogens is 3. The number of rotatable bonds is 0. The number of amides is 6. The molecule has 3 saturated carbocycles. The van der Waals surface area contributed by atoms with Crippen molar-refractivity contribution in [2.24, 2.45) is 0 Å². The van der Waals surface area contributed by atoms with Gasteiger partial charge in [0.1, 0.15) is 0 Å². The lowest BCUT2D eigenvalue weighted by Crippen LogP contribution is -2.53. The van der Waals surface area contributed by atoms with Crippen LogP contribution in [0.3, 0.4) is 0 Å². The summed E-state index contributed by atoms with van der Waals surface area (Å²) >= 11 is 0. The first-order valence-electron chi connectivity index (χ1n) is 18.9. The van der Waals surface area contributed by atoms with E-state index in [0.29, 0.717) is 38.5 Å². The maximum absolute atomic E-state index is 13.5. The summed E-state index contributed by atoms with van der Waals surface area (Å²) in [5.41, 5.74) is 1.19. The van der Waals surface area contributed by atoms with E-state index in [0.717, 1.165) is 38.5 Å². The Balaban J connectivity index is 1.18. The molecule has 0 unspecified atom stereocenters. The lowest BCUT2D eigenvalue weighted by atomic mass is 9.89. The van der Waals surface area contributed by atoms with E-state index in [2.05, 4.69) is 46.9 Å². The predicted octanol–water partition coefficient (Wildman–Crippen LogP) is 2.60. The zero-order valence-electron chi connectivity index (χ0n) is 29.9. The van der Waals surface area contributed by atoms with Crippen LogP contribution in [0.4, 0.5) is 0 Å². The SMILES string of the molecule is O=C1N[C@H]2CCCC[C@@H]2NC(=O)c2cncc(c2)C(=O)N[C@H]2CCCC[C@@H]2NC(=O)c2cncc(c2)C(=O)N[C@H]2CCCC[C@@H]2NC(=O)c2cncc1c2. The van der Waals surface area contributed by atoms with Crippen molar-refractivity contribution in [3.05, 3.63) is 88.8 Å². The molecule has 0 saturated heterocycles. The Morgan fingerprint density at radius 2 is 0.481 bits per heavy atom. The molecule has 0 radical (unpaired) electrons. The predicted molar refractivity (Wildman–Crippen MR) is 196 cm³/mol. The minimum atomic E-state index is -0.423. The van der Waals surface area contributed by atoms with Crippen molar-refractivity contribution in [1.29, 1.82) is 0 Å². The maximum atomic E-state index is 13.5. The molecule has 6 bridgehead atoms. The summed E-state index contributed by atoms with van der Waals surface area (Å²) < 4.78 is 0. The van der Waals surface area contributed by atoms with Gasteiger partial charge in [-0.15, -0.1) is 0 Å². The summed E-state index contributed by atoms with van der Waals surface area (Å²) in [4.78, 5) is 93.6. The summed E-state index contributed by atoms with van der Waals surface area (Å²) in [5.74, 6) is -2.54. The topological polar surface area (TPSA) is 213 Å². The number of hydrogen-bond donors (Lipinski definition) is 6. The second kappa shape index (κ2) is 16.5. The van der Waals surface area contributed by atoms with Gasteiger partial charge < -0.3 is 31.9 Å². The highest BCUT2D eigenvalue weighted by Gasteiger charge is 2.32. The lowest BCUT2D eigenvalue weighted by molar-refractivity contribution is 0.0857. The molecule has 4 aliphatic rings. The van der Waals surface area contributed by atoms with E-state index >= 15 is 0 Å². The van der Waals surface area contributed by atoms with E-state index < -0.39 is 35.4 Å². The van der Waals surface area contributed by atoms with E-state index in [1.165, 1.54) is 55.4 Å². The molecule has 3 aliphatic carbocycles. The third kappa shape index (κ3) is 8.56. The van der Waals surface area contributed by atoms with Gasteiger partial charge in [-0.3, -0.25) is 43.7 Å². The Morgan fingerprint density at radius 3 is 0.648 bits per heavy atom. The van der Waals surface area contributed by atoms with E-state index in [4.69, 9.17) is 0 Å². The summed E-state index contributed by atoms with van der Waals surface area (Å²) in [6, 6.07) is 2.17. The van der Waals surface area contributed by atoms with Gasteiger partial charge in [-0.1, -0.05) is 38.5 Å². The van der Waals surface area contributed by atoms with E-state index in [-0.39, 0.29) is 69.6 Å². The Labute approximate surface area is 312 Å². The molecular formula is C39H45N9O6. The van der Waals surface area contributed by atoms with Crippen LogP contribution in [0.15, 0.2) is 55.4 Å². The molecule has 1 aliphatic heterocycles. The van der Waals surface area contributed by atoms with Crippen LogP contribution in [-0.2, 0) is 0 Å². The van der Waals surface area contributed by atoms with Crippen molar-refractivity contribution in [3.8, 4) is 0 Å². The number of nitrogens with zero attached hydrogens (tertiary/aromatic N) is 3. The van der Waals surface area contributed by atoms with Crippen LogP contribution in [0, 0.1) is 0 Å². The zero-order valence-corrected chi connectivity index (χ0v) is 29.9. The van der Waals surface area contributed by atoms with Gasteiger partial charge in [0, 0.05) is 73.4 Å². The largest absolute Gasteiger partial charge is 0.347 e. The van der Waals surface area contributed by atoms with Gasteiger partial charge in [0.2, 0.25) is 0 Å². The summed E-state index contributed by atoms with van der Waals surface area (Å²) in [6.07, 6.45) is 17.3. The minimum absolute atomic E-state index is 0.198. The molecule has 15 heteroatoms. The lowest BCUT2D eigenvalue weighted by Gasteiger charge is -2.33. The first kappa shape index (κ1) is 36.6. The maximum Gasteiger partial charge on any atom is 0.253 e. The summed E-state index contributed by atoms with van der Waals surface area (Å²) in [5, 5.41) is 18.2. The van der Waals surface area contributed by atoms with Crippen molar-refractivity contribution < 1.29 is 28.8 Å². The fourth-order valence-corrected chi connectivity index (χ4v) is 8.00. The Hall–Kier alpha value is -5.73. The fourth-order valence-electron chi connectivity index (χ4n) is 8.00. The standard InChI is InChI=1S/C39H45N9O6/c49-34-22-13-24(18-40-16-22)36(51)45-30-9-3-4-10-31(30)47-38(53)26-15-27(21-42-20-26)39(54)48-33-12-6-5-11-32(33)46-37(52)25-14-23(17-41-19-25)35(50)44-29-8-2-1-7-28(29)43-34/h13-21,28-33H,1-12H2,(H,43,49)(H,44,50)(H,45,51)(H,46,52)(H,47,53)(H,48,54)/t28-,29-,30-,31-,32-,33-/m0/s1. The summed E-state index contributed by atoms with van der Waals surface area (Å²) in [6.45, 7) is 0. The normalized spacial score (nSPS) is 27.1. The van der Waals surface area contributed by atoms with Crippen molar-refractivity contribution in [3.63, 3.8) is 0 Å². The second-order valence-electron chi connectivity index (χ2n) is 14.7. The third-order valence-corrected chi connectivity index (χ3v) is 11.0. The molecule has 54 heavy (non-hydrogen) atoms. The van der Waals surface area contributed by atoms with E-state index in [9.17, 15) is 28.8 Å². The molecule has 282 valence electrons. The zero-order chi connectivity index (χ0) is 37.6. The van der Waals surface area contributed by atoms with Crippen LogP contribution in [-0.4, -0.2) is 86.6 Å². The average Bonchev–Trinajstić information content (AvgIpc) is 3.19. The number of carbonyl (C=O) groups is 6. The number of nitrogens with one attached hydrogen (secondary N) is 6. The van der Waals surface area contributed by atoms with Gasteiger partial charge in [0.25, 0.3) is 35.4 Å². The first-order valence-corrected chi connectivity index (χ1v) is 18.9. The molecule has 15 nitrogen and oxygen atoms in total. The summed E-state index contributed by atoms with van der Waals surface area (Å²) in [7, 11) is 0. The van der Waals surface area contributed by atoms with Crippen LogP contribution in [0.25, 0.3) is 0 Å². The van der Waals surface area contributed by atoms with Gasteiger partial charge in [-0.25, -0.2) is 0 Å². The Bertz CT molecular complexity index is 1600. The quantitative estimate of drug-likeness (QED) is 0.200. The molecule has 6 amide bonds. The number of hydrogen-bond acceptors (Lipinski definition) is 9. The van der Waals surface area contributed by atoms with Crippen molar-refractivity contribution in [2.45, 2.75) is 113 Å². The molecule has 0 aromatic carbocycles. The molecule has 4 heterocycles. The van der Waals surface area contributed by atoms with Crippen molar-refractivity contribution in [1.82, 2.24) is 46.9 Å². The molecule has 6 atom stereocenters. The number of carbonyl (C=O) groups excluding carboxylic acids is 6.